The first kappa shape index (κ1) is 27.3. The summed E-state index contributed by atoms with van der Waals surface area (Å²) in [5, 5.41) is 6.11. The number of rotatable bonds is 10. The van der Waals surface area contributed by atoms with Crippen molar-refractivity contribution in [2.45, 2.75) is 39.7 Å². The Bertz CT molecular complexity index is 839. The quantitative estimate of drug-likeness (QED) is 0.255. The lowest BCUT2D eigenvalue weighted by atomic mass is 10.2. The van der Waals surface area contributed by atoms with Crippen LogP contribution in [0.15, 0.2) is 28.6 Å². The lowest BCUT2D eigenvalue weighted by Gasteiger charge is -2.21. The van der Waals surface area contributed by atoms with Gasteiger partial charge in [0.25, 0.3) is 0 Å². The molecule has 1 atom stereocenters. The number of alkyl halides is 2. The van der Waals surface area contributed by atoms with Crippen molar-refractivity contribution in [1.82, 2.24) is 15.2 Å². The van der Waals surface area contributed by atoms with Gasteiger partial charge in [-0.25, -0.2) is 9.98 Å². The highest BCUT2D eigenvalue weighted by molar-refractivity contribution is 14.0. The molecule has 0 radical (unpaired) electrons. The summed E-state index contributed by atoms with van der Waals surface area (Å²) in [7, 11) is 5.01. The predicted octanol–water partition coefficient (Wildman–Crippen LogP) is 4.68. The summed E-state index contributed by atoms with van der Waals surface area (Å²) >= 11 is 1.55. The Morgan fingerprint density at radius 2 is 2.06 bits per heavy atom. The molecule has 0 spiro atoms. The maximum absolute atomic E-state index is 12.8. The number of thiazole rings is 1. The fourth-order valence-corrected chi connectivity index (χ4v) is 3.47. The molecule has 0 amide bonds. The van der Waals surface area contributed by atoms with Crippen LogP contribution >= 0.6 is 35.3 Å². The molecule has 2 aromatic rings. The first-order chi connectivity index (χ1) is 14.4. The van der Waals surface area contributed by atoms with E-state index in [1.165, 1.54) is 13.2 Å². The zero-order valence-corrected chi connectivity index (χ0v) is 21.4. The molecule has 1 unspecified atom stereocenters. The fraction of sp³-hybridized carbons (Fsp3) is 0.500. The third kappa shape index (κ3) is 8.37. The highest BCUT2D eigenvalue weighted by Crippen LogP contribution is 2.27. The Balaban J connectivity index is 0.00000480. The van der Waals surface area contributed by atoms with E-state index in [9.17, 15) is 8.78 Å². The molecule has 0 aliphatic carbocycles. The molecular formula is C20H29F2IN4O3S. The van der Waals surface area contributed by atoms with Crippen LogP contribution in [0.4, 0.5) is 8.78 Å². The van der Waals surface area contributed by atoms with E-state index in [0.29, 0.717) is 30.4 Å². The molecule has 0 aliphatic heterocycles. The van der Waals surface area contributed by atoms with Gasteiger partial charge < -0.3 is 24.4 Å². The van der Waals surface area contributed by atoms with Crippen LogP contribution < -0.4 is 14.8 Å². The zero-order valence-electron chi connectivity index (χ0n) is 18.2. The molecule has 0 saturated carbocycles. The Kier molecular flexibility index (Phi) is 12.0. The van der Waals surface area contributed by atoms with E-state index in [1.807, 2.05) is 31.2 Å². The van der Waals surface area contributed by atoms with Crippen LogP contribution in [0, 0.1) is 0 Å². The van der Waals surface area contributed by atoms with Crippen molar-refractivity contribution in [1.29, 1.82) is 0 Å². The number of nitrogens with one attached hydrogen (secondary N) is 1. The summed E-state index contributed by atoms with van der Waals surface area (Å²) in [6.45, 7) is 2.36. The van der Waals surface area contributed by atoms with Gasteiger partial charge in [0.15, 0.2) is 5.96 Å². The summed E-state index contributed by atoms with van der Waals surface area (Å²) in [6, 6.07) is 4.79. The predicted molar refractivity (Wildman–Crippen MR) is 129 cm³/mol. The molecular weight excluding hydrogens is 541 g/mol. The van der Waals surface area contributed by atoms with Gasteiger partial charge in [0.2, 0.25) is 0 Å². The number of halogens is 3. The number of aliphatic imine (C=N–C) groups is 1. The third-order valence-electron chi connectivity index (χ3n) is 4.26. The smallest absolute Gasteiger partial charge is 0.387 e. The average Bonchev–Trinajstić information content (AvgIpc) is 3.19. The molecule has 31 heavy (non-hydrogen) atoms. The normalized spacial score (nSPS) is 12.3. The van der Waals surface area contributed by atoms with E-state index >= 15 is 0 Å². The number of aromatic nitrogens is 1. The van der Waals surface area contributed by atoms with E-state index in [2.05, 4.69) is 20.0 Å². The van der Waals surface area contributed by atoms with Crippen LogP contribution in [-0.2, 0) is 17.8 Å². The number of hydrogen-bond donors (Lipinski definition) is 1. The lowest BCUT2D eigenvalue weighted by molar-refractivity contribution is -0.0505. The van der Waals surface area contributed by atoms with Crippen molar-refractivity contribution >= 4 is 41.3 Å². The molecule has 0 bridgehead atoms. The second-order valence-corrected chi connectivity index (χ2v) is 7.32. The molecule has 174 valence electrons. The van der Waals surface area contributed by atoms with E-state index < -0.39 is 6.61 Å². The number of methoxy groups -OCH3 is 2. The highest BCUT2D eigenvalue weighted by Gasteiger charge is 2.14. The van der Waals surface area contributed by atoms with Gasteiger partial charge in [-0.05, 0) is 26.0 Å². The van der Waals surface area contributed by atoms with Gasteiger partial charge in [-0.2, -0.15) is 8.78 Å². The number of ether oxygens (including phenoxy) is 3. The highest BCUT2D eigenvalue weighted by atomic mass is 127. The van der Waals surface area contributed by atoms with E-state index in [4.69, 9.17) is 9.47 Å². The summed E-state index contributed by atoms with van der Waals surface area (Å²) < 4.78 is 40.6. The van der Waals surface area contributed by atoms with Crippen LogP contribution in [0.5, 0.6) is 11.5 Å². The minimum absolute atomic E-state index is 0. The van der Waals surface area contributed by atoms with Crippen LogP contribution in [-0.4, -0.2) is 50.3 Å². The second kappa shape index (κ2) is 13.6. The summed E-state index contributed by atoms with van der Waals surface area (Å²) in [4.78, 5) is 11.1. The Labute approximate surface area is 202 Å². The van der Waals surface area contributed by atoms with Gasteiger partial charge in [-0.15, -0.1) is 35.3 Å². The first-order valence-electron chi connectivity index (χ1n) is 9.46. The van der Waals surface area contributed by atoms with E-state index in [-0.39, 0.29) is 42.4 Å². The molecule has 7 nitrogen and oxygen atoms in total. The number of nitrogens with zero attached hydrogens (tertiary/aromatic N) is 3. The monoisotopic (exact) mass is 570 g/mol. The van der Waals surface area contributed by atoms with E-state index in [1.54, 1.807) is 30.6 Å². The molecule has 11 heteroatoms. The Morgan fingerprint density at radius 1 is 1.32 bits per heavy atom. The summed E-state index contributed by atoms with van der Waals surface area (Å²) in [6.07, 6.45) is -0.0562. The topological polar surface area (TPSA) is 68.2 Å². The molecule has 1 N–H and O–H groups in total. The molecule has 1 heterocycles. The average molecular weight is 570 g/mol. The number of benzene rings is 1. The summed E-state index contributed by atoms with van der Waals surface area (Å²) in [5.74, 6) is 1.11. The van der Waals surface area contributed by atoms with E-state index in [0.717, 1.165) is 10.7 Å². The van der Waals surface area contributed by atoms with Crippen molar-refractivity contribution in [3.8, 4) is 11.5 Å². The van der Waals surface area contributed by atoms with Gasteiger partial charge in [0, 0.05) is 37.7 Å². The van der Waals surface area contributed by atoms with Crippen LogP contribution in [0.1, 0.15) is 36.2 Å². The summed E-state index contributed by atoms with van der Waals surface area (Å²) in [5.41, 5.74) is 1.43. The lowest BCUT2D eigenvalue weighted by Crippen LogP contribution is -2.38. The first-order valence-corrected chi connectivity index (χ1v) is 10.3. The van der Waals surface area contributed by atoms with Gasteiger partial charge in [-0.3, -0.25) is 0 Å². The molecule has 0 saturated heterocycles. The minimum Gasteiger partial charge on any atom is -0.497 e. The van der Waals surface area contributed by atoms with Crippen LogP contribution in [0.3, 0.4) is 0 Å². The van der Waals surface area contributed by atoms with Crippen molar-refractivity contribution in [3.05, 3.63) is 39.8 Å². The van der Waals surface area contributed by atoms with Crippen LogP contribution in [0.25, 0.3) is 0 Å². The van der Waals surface area contributed by atoms with Crippen molar-refractivity contribution in [2.75, 3.05) is 27.8 Å². The minimum atomic E-state index is -2.93. The zero-order chi connectivity index (χ0) is 22.1. The third-order valence-corrected chi connectivity index (χ3v) is 5.31. The molecule has 2 rings (SSSR count). The second-order valence-electron chi connectivity index (χ2n) is 6.43. The fourth-order valence-electron chi connectivity index (χ4n) is 2.63. The van der Waals surface area contributed by atoms with Crippen molar-refractivity contribution < 1.29 is 23.0 Å². The maximum Gasteiger partial charge on any atom is 0.387 e. The SMILES string of the molecule is CCNC(=NCc1ccc(OC)cc1OC(F)F)N(C)Cc1csc(C(C)OC)n1.I. The van der Waals surface area contributed by atoms with Crippen molar-refractivity contribution in [3.63, 3.8) is 0 Å². The number of hydrogen-bond acceptors (Lipinski definition) is 6. The van der Waals surface area contributed by atoms with Gasteiger partial charge in [0.05, 0.1) is 25.9 Å². The maximum atomic E-state index is 12.8. The van der Waals surface area contributed by atoms with Gasteiger partial charge in [0.1, 0.15) is 22.6 Å². The standard InChI is InChI=1S/C20H28F2N4O3S.HI/c1-6-23-20(26(3)11-15-12-30-18(25-15)13(2)27-4)24-10-14-7-8-16(28-5)9-17(14)29-19(21)22;/h7-9,12-13,19H,6,10-11H2,1-5H3,(H,23,24);1H. The number of guanidine groups is 1. The van der Waals surface area contributed by atoms with Crippen molar-refractivity contribution in [2.24, 2.45) is 4.99 Å². The van der Waals surface area contributed by atoms with Crippen LogP contribution in [0.2, 0.25) is 0 Å². The molecule has 1 aromatic heterocycles. The molecule has 1 aromatic carbocycles. The molecule has 0 aliphatic rings. The largest absolute Gasteiger partial charge is 0.497 e. The van der Waals surface area contributed by atoms with Gasteiger partial charge in [-0.1, -0.05) is 0 Å². The Hall–Kier alpha value is -1.73. The molecule has 0 fully saturated rings. The Morgan fingerprint density at radius 3 is 2.68 bits per heavy atom. The van der Waals surface area contributed by atoms with Gasteiger partial charge >= 0.3 is 6.61 Å².